The molecule has 2 N–H and O–H groups in total. The van der Waals surface area contributed by atoms with Crippen LogP contribution in [0, 0.1) is 17.8 Å². The minimum Gasteiger partial charge on any atom is -0.341 e. The number of carbonyl (C=O) groups excluding carboxylic acids is 1. The number of nitrogens with zero attached hydrogens (tertiary/aromatic N) is 4. The summed E-state index contributed by atoms with van der Waals surface area (Å²) in [6, 6.07) is 2.06. The van der Waals surface area contributed by atoms with E-state index in [1.807, 2.05) is 24.1 Å². The van der Waals surface area contributed by atoms with Gasteiger partial charge in [0.1, 0.15) is 0 Å². The number of H-pyrrole nitrogens is 1. The lowest BCUT2D eigenvalue weighted by Gasteiger charge is -2.16. The Labute approximate surface area is 153 Å². The van der Waals surface area contributed by atoms with Gasteiger partial charge in [0.25, 0.3) is 5.91 Å². The number of aromatic nitrogens is 4. The first-order chi connectivity index (χ1) is 12.7. The van der Waals surface area contributed by atoms with Crippen molar-refractivity contribution < 1.29 is 4.79 Å². The second-order valence-electron chi connectivity index (χ2n) is 7.20. The Morgan fingerprint density at radius 2 is 2.31 bits per heavy atom. The molecule has 1 saturated heterocycles. The Balaban J connectivity index is 1.32. The monoisotopic (exact) mass is 352 g/mol. The van der Waals surface area contributed by atoms with Crippen LogP contribution in [0.4, 0.5) is 0 Å². The molecule has 1 atom stereocenters. The fraction of sp³-hybridized carbons (Fsp3) is 0.526. The minimum atomic E-state index is -0.201. The van der Waals surface area contributed by atoms with Crippen LogP contribution in [0.15, 0.2) is 18.5 Å². The maximum absolute atomic E-state index is 11.8. The summed E-state index contributed by atoms with van der Waals surface area (Å²) in [7, 11) is 1.98. The summed E-state index contributed by atoms with van der Waals surface area (Å²) < 4.78 is 1.92. The summed E-state index contributed by atoms with van der Waals surface area (Å²) in [5.74, 6) is 6.32. The van der Waals surface area contributed by atoms with E-state index in [0.29, 0.717) is 18.4 Å². The second-order valence-corrected chi connectivity index (χ2v) is 7.20. The van der Waals surface area contributed by atoms with Gasteiger partial charge >= 0.3 is 0 Å². The van der Waals surface area contributed by atoms with Gasteiger partial charge in [0.05, 0.1) is 11.9 Å². The average Bonchev–Trinajstić information content (AvgIpc) is 2.98. The lowest BCUT2D eigenvalue weighted by Crippen LogP contribution is -2.23. The molecular weight excluding hydrogens is 328 g/mol. The molecule has 0 bridgehead atoms. The normalized spacial score (nSPS) is 20.0. The highest BCUT2D eigenvalue weighted by atomic mass is 16.1. The number of hydrogen-bond acceptors (Lipinski definition) is 4. The quantitative estimate of drug-likeness (QED) is 0.792. The maximum atomic E-state index is 11.8. The number of aromatic amines is 1. The van der Waals surface area contributed by atoms with E-state index >= 15 is 0 Å². The molecule has 26 heavy (non-hydrogen) atoms. The third-order valence-corrected chi connectivity index (χ3v) is 5.15. The molecule has 2 aromatic rings. The molecule has 1 saturated carbocycles. The summed E-state index contributed by atoms with van der Waals surface area (Å²) in [6.45, 7) is 3.41. The Bertz CT molecular complexity index is 838. The number of likely N-dealkylation sites (tertiary alicyclic amines) is 1. The number of rotatable bonds is 5. The smallest absolute Gasteiger partial charge is 0.296 e. The molecule has 2 fully saturated rings. The molecule has 7 nitrogen and oxygen atoms in total. The molecule has 1 unspecified atom stereocenters. The highest BCUT2D eigenvalue weighted by Crippen LogP contribution is 2.29. The summed E-state index contributed by atoms with van der Waals surface area (Å²) in [5.41, 5.74) is 3.41. The van der Waals surface area contributed by atoms with E-state index in [0.717, 1.165) is 50.2 Å². The predicted octanol–water partition coefficient (Wildman–Crippen LogP) is 1.16. The standard InChI is InChI=1S/C19H24N6O/c1-24-17(6-8-22-24)13-25-9-7-15(12-25)19-16(11-21-23-19)10-20-18(26)5-4-14-2-3-14/h6,8,11,14-15H,2-3,7,9-10,12-13H2,1H3,(H,20,26)(H,21,23). The van der Waals surface area contributed by atoms with Gasteiger partial charge < -0.3 is 5.32 Å². The van der Waals surface area contributed by atoms with E-state index in [1.165, 1.54) is 5.69 Å². The number of nitrogens with one attached hydrogen (secondary N) is 2. The number of carbonyl (C=O) groups is 1. The first-order valence-corrected chi connectivity index (χ1v) is 9.20. The van der Waals surface area contributed by atoms with E-state index in [9.17, 15) is 4.79 Å². The van der Waals surface area contributed by atoms with Crippen molar-refractivity contribution in [3.8, 4) is 11.8 Å². The average molecular weight is 352 g/mol. The fourth-order valence-corrected chi connectivity index (χ4v) is 3.43. The van der Waals surface area contributed by atoms with E-state index in [2.05, 4.69) is 43.4 Å². The molecule has 7 heteroatoms. The molecule has 0 aromatic carbocycles. The zero-order valence-corrected chi connectivity index (χ0v) is 15.0. The minimum absolute atomic E-state index is 0.201. The van der Waals surface area contributed by atoms with Crippen LogP contribution in [-0.4, -0.2) is 43.9 Å². The van der Waals surface area contributed by atoms with Gasteiger partial charge in [-0.3, -0.25) is 19.5 Å². The van der Waals surface area contributed by atoms with Crippen LogP contribution in [0.3, 0.4) is 0 Å². The second kappa shape index (κ2) is 7.34. The SMILES string of the molecule is Cn1nccc1CN1CCC(c2[nH]ncc2CNC(=O)C#CC2CC2)C1. The van der Waals surface area contributed by atoms with Crippen LogP contribution in [0.25, 0.3) is 0 Å². The molecule has 2 aliphatic rings. The van der Waals surface area contributed by atoms with Crippen molar-refractivity contribution in [2.45, 2.75) is 38.3 Å². The molecule has 0 spiro atoms. The summed E-state index contributed by atoms with van der Waals surface area (Å²) in [6.07, 6.45) is 6.99. The molecule has 0 radical (unpaired) electrons. The van der Waals surface area contributed by atoms with Crippen LogP contribution in [-0.2, 0) is 24.9 Å². The molecule has 136 valence electrons. The molecule has 1 aliphatic heterocycles. The van der Waals surface area contributed by atoms with Crippen molar-refractivity contribution in [2.75, 3.05) is 13.1 Å². The summed E-state index contributed by atoms with van der Waals surface area (Å²) >= 11 is 0. The Hall–Kier alpha value is -2.59. The van der Waals surface area contributed by atoms with Crippen molar-refractivity contribution in [2.24, 2.45) is 13.0 Å². The topological polar surface area (TPSA) is 78.8 Å². The third-order valence-electron chi connectivity index (χ3n) is 5.15. The zero-order valence-electron chi connectivity index (χ0n) is 15.0. The van der Waals surface area contributed by atoms with Gasteiger partial charge in [-0.05, 0) is 37.8 Å². The lowest BCUT2D eigenvalue weighted by molar-refractivity contribution is -0.115. The van der Waals surface area contributed by atoms with Gasteiger partial charge in [-0.15, -0.1) is 0 Å². The van der Waals surface area contributed by atoms with Crippen molar-refractivity contribution >= 4 is 5.91 Å². The first-order valence-electron chi connectivity index (χ1n) is 9.20. The van der Waals surface area contributed by atoms with Crippen LogP contribution in [0.5, 0.6) is 0 Å². The van der Waals surface area contributed by atoms with Gasteiger partial charge in [-0.1, -0.05) is 5.92 Å². The van der Waals surface area contributed by atoms with Crippen molar-refractivity contribution in [3.05, 3.63) is 35.4 Å². The molecule has 1 amide bonds. The van der Waals surface area contributed by atoms with Gasteiger partial charge in [0.2, 0.25) is 0 Å². The van der Waals surface area contributed by atoms with Crippen molar-refractivity contribution in [3.63, 3.8) is 0 Å². The third kappa shape index (κ3) is 3.97. The molecule has 1 aliphatic carbocycles. The summed E-state index contributed by atoms with van der Waals surface area (Å²) in [5, 5.41) is 14.5. The van der Waals surface area contributed by atoms with E-state index in [4.69, 9.17) is 0 Å². The van der Waals surface area contributed by atoms with Crippen LogP contribution in [0.2, 0.25) is 0 Å². The lowest BCUT2D eigenvalue weighted by atomic mass is 10.0. The fourth-order valence-electron chi connectivity index (χ4n) is 3.43. The molecule has 2 aromatic heterocycles. The molecule has 4 rings (SSSR count). The van der Waals surface area contributed by atoms with Gasteiger partial charge in [0, 0.05) is 56.0 Å². The Morgan fingerprint density at radius 1 is 1.42 bits per heavy atom. The van der Waals surface area contributed by atoms with Crippen LogP contribution >= 0.6 is 0 Å². The van der Waals surface area contributed by atoms with Gasteiger partial charge in [-0.2, -0.15) is 10.2 Å². The van der Waals surface area contributed by atoms with Crippen molar-refractivity contribution in [1.82, 2.24) is 30.2 Å². The maximum Gasteiger partial charge on any atom is 0.296 e. The van der Waals surface area contributed by atoms with Crippen molar-refractivity contribution in [1.29, 1.82) is 0 Å². The Morgan fingerprint density at radius 3 is 3.08 bits per heavy atom. The van der Waals surface area contributed by atoms with Crippen LogP contribution < -0.4 is 5.32 Å². The predicted molar refractivity (Wildman–Crippen MR) is 96.8 cm³/mol. The number of aryl methyl sites for hydroxylation is 1. The van der Waals surface area contributed by atoms with Gasteiger partial charge in [0.15, 0.2) is 0 Å². The number of hydrogen-bond donors (Lipinski definition) is 2. The highest BCUT2D eigenvalue weighted by molar-refractivity contribution is 5.93. The zero-order chi connectivity index (χ0) is 17.9. The Kier molecular flexibility index (Phi) is 4.76. The van der Waals surface area contributed by atoms with Crippen LogP contribution in [0.1, 0.15) is 42.1 Å². The highest BCUT2D eigenvalue weighted by Gasteiger charge is 2.27. The summed E-state index contributed by atoms with van der Waals surface area (Å²) in [4.78, 5) is 14.3. The van der Waals surface area contributed by atoms with E-state index in [1.54, 1.807) is 0 Å². The van der Waals surface area contributed by atoms with E-state index in [-0.39, 0.29) is 5.91 Å². The van der Waals surface area contributed by atoms with Gasteiger partial charge in [-0.25, -0.2) is 0 Å². The molecule has 3 heterocycles. The number of amides is 1. The first kappa shape index (κ1) is 16.9. The largest absolute Gasteiger partial charge is 0.341 e. The van der Waals surface area contributed by atoms with E-state index < -0.39 is 0 Å². The molecular formula is C19H24N6O.